The molecule has 0 bridgehead atoms. The quantitative estimate of drug-likeness (QED) is 0.759. The lowest BCUT2D eigenvalue weighted by atomic mass is 9.75. The number of rotatable bonds is 2. The Bertz CT molecular complexity index is 303. The first-order valence-electron chi connectivity index (χ1n) is 5.45. The van der Waals surface area contributed by atoms with Gasteiger partial charge in [0.15, 0.2) is 0 Å². The number of hydrogen-bond donors (Lipinski definition) is 1. The van der Waals surface area contributed by atoms with Gasteiger partial charge in [-0.25, -0.2) is 0 Å². The first-order chi connectivity index (χ1) is 6.68. The minimum absolute atomic E-state index is 0.323. The Morgan fingerprint density at radius 1 is 1.21 bits per heavy atom. The van der Waals surface area contributed by atoms with E-state index in [1.165, 1.54) is 11.1 Å². The van der Waals surface area contributed by atoms with Crippen molar-refractivity contribution in [2.24, 2.45) is 17.1 Å². The first-order valence-corrected chi connectivity index (χ1v) is 5.45. The molecule has 1 heteroatoms. The normalized spacial score (nSPS) is 18.6. The molecule has 0 atom stereocenters. The van der Waals surface area contributed by atoms with Crippen LogP contribution in [0.5, 0.6) is 0 Å². The Morgan fingerprint density at radius 2 is 1.71 bits per heavy atom. The van der Waals surface area contributed by atoms with Gasteiger partial charge in [0, 0.05) is 0 Å². The lowest BCUT2D eigenvalue weighted by Gasteiger charge is -2.31. The van der Waals surface area contributed by atoms with E-state index in [0.717, 1.165) is 19.4 Å². The Balaban J connectivity index is 2.32. The average Bonchev–Trinajstić information content (AvgIpc) is 2.57. The van der Waals surface area contributed by atoms with E-state index in [4.69, 9.17) is 5.73 Å². The molecule has 2 N–H and O–H groups in total. The third kappa shape index (κ3) is 1.36. The van der Waals surface area contributed by atoms with E-state index in [1.54, 1.807) is 0 Å². The van der Waals surface area contributed by atoms with Crippen molar-refractivity contribution in [3.63, 3.8) is 0 Å². The maximum Gasteiger partial charge on any atom is -0.00117 e. The number of nitrogens with two attached hydrogens (primary N) is 1. The molecule has 76 valence electrons. The van der Waals surface area contributed by atoms with Crippen LogP contribution in [-0.2, 0) is 12.8 Å². The van der Waals surface area contributed by atoms with Gasteiger partial charge in [-0.3, -0.25) is 0 Å². The zero-order valence-electron chi connectivity index (χ0n) is 9.09. The van der Waals surface area contributed by atoms with Gasteiger partial charge in [0.2, 0.25) is 0 Å². The highest BCUT2D eigenvalue weighted by molar-refractivity contribution is 5.34. The summed E-state index contributed by atoms with van der Waals surface area (Å²) in [5.74, 6) is 0.667. The molecule has 0 fully saturated rings. The molecule has 0 spiro atoms. The van der Waals surface area contributed by atoms with E-state index in [1.807, 2.05) is 0 Å². The second-order valence-corrected chi connectivity index (χ2v) is 4.84. The molecule has 2 rings (SSSR count). The highest BCUT2D eigenvalue weighted by Gasteiger charge is 2.38. The van der Waals surface area contributed by atoms with Crippen molar-refractivity contribution in [2.45, 2.75) is 26.7 Å². The predicted octanol–water partition coefficient (Wildman–Crippen LogP) is 2.39. The van der Waals surface area contributed by atoms with Crippen molar-refractivity contribution in [2.75, 3.05) is 6.54 Å². The summed E-state index contributed by atoms with van der Waals surface area (Å²) in [6, 6.07) is 8.75. The average molecular weight is 189 g/mol. The highest BCUT2D eigenvalue weighted by atomic mass is 14.6. The molecule has 0 aliphatic heterocycles. The van der Waals surface area contributed by atoms with Gasteiger partial charge >= 0.3 is 0 Å². The van der Waals surface area contributed by atoms with Gasteiger partial charge in [0.25, 0.3) is 0 Å². The molecular formula is C13H19N. The van der Waals surface area contributed by atoms with Gasteiger partial charge in [-0.2, -0.15) is 0 Å². The topological polar surface area (TPSA) is 26.0 Å². The fraction of sp³-hybridized carbons (Fsp3) is 0.538. The molecule has 1 nitrogen and oxygen atoms in total. The zero-order chi connectivity index (χ0) is 10.2. The van der Waals surface area contributed by atoms with Crippen LogP contribution in [0.2, 0.25) is 0 Å². The molecule has 0 saturated carbocycles. The summed E-state index contributed by atoms with van der Waals surface area (Å²) in [6.45, 7) is 5.39. The molecule has 0 saturated heterocycles. The van der Waals surface area contributed by atoms with Crippen molar-refractivity contribution < 1.29 is 0 Å². The van der Waals surface area contributed by atoms with Crippen molar-refractivity contribution in [1.29, 1.82) is 0 Å². The SMILES string of the molecule is CC(C)C1(CN)Cc2ccccc2C1. The lowest BCUT2D eigenvalue weighted by Crippen LogP contribution is -2.36. The zero-order valence-corrected chi connectivity index (χ0v) is 9.09. The molecule has 0 radical (unpaired) electrons. The summed E-state index contributed by atoms with van der Waals surface area (Å²) >= 11 is 0. The fourth-order valence-corrected chi connectivity index (χ4v) is 2.51. The summed E-state index contributed by atoms with van der Waals surface area (Å²) in [4.78, 5) is 0. The summed E-state index contributed by atoms with van der Waals surface area (Å²) in [7, 11) is 0. The van der Waals surface area contributed by atoms with Crippen LogP contribution in [0.3, 0.4) is 0 Å². The third-order valence-corrected chi connectivity index (χ3v) is 3.83. The molecule has 1 aromatic rings. The minimum atomic E-state index is 0.323. The maximum atomic E-state index is 5.95. The molecule has 1 aliphatic carbocycles. The van der Waals surface area contributed by atoms with Gasteiger partial charge in [-0.05, 0) is 41.8 Å². The van der Waals surface area contributed by atoms with Crippen LogP contribution >= 0.6 is 0 Å². The monoisotopic (exact) mass is 189 g/mol. The summed E-state index contributed by atoms with van der Waals surface area (Å²) < 4.78 is 0. The second-order valence-electron chi connectivity index (χ2n) is 4.84. The van der Waals surface area contributed by atoms with Crippen LogP contribution in [-0.4, -0.2) is 6.54 Å². The number of fused-ring (bicyclic) bond motifs is 1. The van der Waals surface area contributed by atoms with E-state index >= 15 is 0 Å². The largest absolute Gasteiger partial charge is 0.330 e. The molecule has 1 aliphatic rings. The summed E-state index contributed by atoms with van der Waals surface area (Å²) in [6.07, 6.45) is 2.33. The number of benzene rings is 1. The van der Waals surface area contributed by atoms with Crippen LogP contribution in [0.4, 0.5) is 0 Å². The molecule has 0 amide bonds. The Hall–Kier alpha value is -0.820. The Labute approximate surface area is 86.3 Å². The molecule has 0 unspecified atom stereocenters. The van der Waals surface area contributed by atoms with Crippen molar-refractivity contribution in [1.82, 2.24) is 0 Å². The van der Waals surface area contributed by atoms with Crippen LogP contribution < -0.4 is 5.73 Å². The van der Waals surface area contributed by atoms with Crippen LogP contribution in [0.25, 0.3) is 0 Å². The van der Waals surface area contributed by atoms with E-state index in [0.29, 0.717) is 11.3 Å². The van der Waals surface area contributed by atoms with E-state index in [-0.39, 0.29) is 0 Å². The lowest BCUT2D eigenvalue weighted by molar-refractivity contribution is 0.214. The van der Waals surface area contributed by atoms with Crippen LogP contribution in [0.1, 0.15) is 25.0 Å². The van der Waals surface area contributed by atoms with E-state index in [9.17, 15) is 0 Å². The summed E-state index contributed by atoms with van der Waals surface area (Å²) in [5, 5.41) is 0. The van der Waals surface area contributed by atoms with Gasteiger partial charge in [0.1, 0.15) is 0 Å². The van der Waals surface area contributed by atoms with Crippen molar-refractivity contribution in [3.05, 3.63) is 35.4 Å². The second kappa shape index (κ2) is 3.39. The third-order valence-electron chi connectivity index (χ3n) is 3.83. The molecule has 0 aromatic heterocycles. The standard InChI is InChI=1S/C13H19N/c1-10(2)13(9-14)7-11-5-3-4-6-12(11)8-13/h3-6,10H,7-9,14H2,1-2H3. The smallest absolute Gasteiger partial charge is 0.00117 e. The number of hydrogen-bond acceptors (Lipinski definition) is 1. The van der Waals surface area contributed by atoms with E-state index in [2.05, 4.69) is 38.1 Å². The summed E-state index contributed by atoms with van der Waals surface area (Å²) in [5.41, 5.74) is 9.28. The van der Waals surface area contributed by atoms with Gasteiger partial charge in [-0.15, -0.1) is 0 Å². The van der Waals surface area contributed by atoms with Gasteiger partial charge in [0.05, 0.1) is 0 Å². The molecular weight excluding hydrogens is 170 g/mol. The first kappa shape index (κ1) is 9.72. The van der Waals surface area contributed by atoms with Crippen molar-refractivity contribution in [3.8, 4) is 0 Å². The predicted molar refractivity (Wildman–Crippen MR) is 60.2 cm³/mol. The molecule has 14 heavy (non-hydrogen) atoms. The molecule has 1 aromatic carbocycles. The van der Waals surface area contributed by atoms with Gasteiger partial charge < -0.3 is 5.73 Å². The van der Waals surface area contributed by atoms with Gasteiger partial charge in [-0.1, -0.05) is 38.1 Å². The maximum absolute atomic E-state index is 5.95. The molecule has 0 heterocycles. The van der Waals surface area contributed by atoms with E-state index < -0.39 is 0 Å². The Morgan fingerprint density at radius 3 is 2.07 bits per heavy atom. The van der Waals surface area contributed by atoms with Crippen molar-refractivity contribution >= 4 is 0 Å². The van der Waals surface area contributed by atoms with Crippen LogP contribution in [0.15, 0.2) is 24.3 Å². The highest BCUT2D eigenvalue weighted by Crippen LogP contribution is 2.41. The fourth-order valence-electron chi connectivity index (χ4n) is 2.51. The Kier molecular flexibility index (Phi) is 2.36. The minimum Gasteiger partial charge on any atom is -0.330 e. The van der Waals surface area contributed by atoms with Crippen LogP contribution in [0, 0.1) is 11.3 Å².